The van der Waals surface area contributed by atoms with E-state index in [0.717, 1.165) is 32.2 Å². The minimum Gasteiger partial charge on any atom is -0.380 e. The second-order valence-electron chi connectivity index (χ2n) is 7.59. The van der Waals surface area contributed by atoms with Gasteiger partial charge in [-0.25, -0.2) is 0 Å². The Morgan fingerprint density at radius 2 is 1.81 bits per heavy atom. The van der Waals surface area contributed by atoms with Crippen molar-refractivity contribution < 1.29 is 4.74 Å². The molecule has 1 rings (SSSR count). The summed E-state index contributed by atoms with van der Waals surface area (Å²) in [5, 5.41) is 3.84. The van der Waals surface area contributed by atoms with Gasteiger partial charge in [0, 0.05) is 37.8 Å². The number of nitrogens with zero attached hydrogens (tertiary/aromatic N) is 1. The summed E-state index contributed by atoms with van der Waals surface area (Å²) in [5.41, 5.74) is 0.311. The maximum atomic E-state index is 5.82. The van der Waals surface area contributed by atoms with Crippen molar-refractivity contribution in [3.63, 3.8) is 0 Å². The van der Waals surface area contributed by atoms with Gasteiger partial charge in [0.25, 0.3) is 0 Å². The Balaban J connectivity index is 2.56. The molecular weight excluding hydrogens is 260 g/mol. The molecule has 126 valence electrons. The molecule has 0 amide bonds. The zero-order valence-corrected chi connectivity index (χ0v) is 15.2. The number of ether oxygens (including phenoxy) is 1. The fourth-order valence-corrected chi connectivity index (χ4v) is 3.30. The highest BCUT2D eigenvalue weighted by atomic mass is 16.5. The van der Waals surface area contributed by atoms with E-state index >= 15 is 0 Å². The number of piperazine rings is 1. The predicted molar refractivity (Wildman–Crippen MR) is 91.8 cm³/mol. The summed E-state index contributed by atoms with van der Waals surface area (Å²) >= 11 is 0. The van der Waals surface area contributed by atoms with Gasteiger partial charge in [-0.3, -0.25) is 4.90 Å². The van der Waals surface area contributed by atoms with Crippen LogP contribution >= 0.6 is 0 Å². The third kappa shape index (κ3) is 6.25. The lowest BCUT2D eigenvalue weighted by atomic mass is 9.87. The van der Waals surface area contributed by atoms with Gasteiger partial charge in [-0.05, 0) is 31.1 Å². The molecule has 0 aliphatic carbocycles. The highest BCUT2D eigenvalue weighted by molar-refractivity contribution is 4.96. The fourth-order valence-electron chi connectivity index (χ4n) is 3.30. The minimum absolute atomic E-state index is 0.311. The summed E-state index contributed by atoms with van der Waals surface area (Å²) in [5.74, 6) is 1.39. The zero-order valence-electron chi connectivity index (χ0n) is 15.2. The van der Waals surface area contributed by atoms with Crippen molar-refractivity contribution >= 4 is 0 Å². The van der Waals surface area contributed by atoms with E-state index in [0.29, 0.717) is 17.5 Å². The van der Waals surface area contributed by atoms with Gasteiger partial charge < -0.3 is 10.1 Å². The fraction of sp³-hybridized carbons (Fsp3) is 1.00. The molecule has 21 heavy (non-hydrogen) atoms. The van der Waals surface area contributed by atoms with Crippen LogP contribution in [0.3, 0.4) is 0 Å². The van der Waals surface area contributed by atoms with E-state index in [4.69, 9.17) is 4.74 Å². The first kappa shape index (κ1) is 18.9. The van der Waals surface area contributed by atoms with Gasteiger partial charge in [-0.1, -0.05) is 41.5 Å². The quantitative estimate of drug-likeness (QED) is 0.659. The minimum atomic E-state index is 0.311. The molecular formula is C18H38N2O. The average molecular weight is 299 g/mol. The van der Waals surface area contributed by atoms with E-state index in [2.05, 4.69) is 51.8 Å². The van der Waals surface area contributed by atoms with Crippen molar-refractivity contribution in [2.75, 3.05) is 32.8 Å². The molecule has 0 spiro atoms. The van der Waals surface area contributed by atoms with Crippen molar-refractivity contribution in [2.45, 2.75) is 72.4 Å². The van der Waals surface area contributed by atoms with Gasteiger partial charge in [0.1, 0.15) is 0 Å². The van der Waals surface area contributed by atoms with Crippen molar-refractivity contribution in [3.8, 4) is 0 Å². The Morgan fingerprint density at radius 3 is 2.33 bits per heavy atom. The Labute approximate surface area is 132 Å². The van der Waals surface area contributed by atoms with Gasteiger partial charge >= 0.3 is 0 Å². The standard InChI is InChI=1S/C18H38N2O/c1-7-18(8-2)14-20(9-10-21-13-16(5)6)17(12-19-18)11-15(3)4/h15-17,19H,7-14H2,1-6H3. The van der Waals surface area contributed by atoms with E-state index in [1.165, 1.54) is 25.8 Å². The lowest BCUT2D eigenvalue weighted by molar-refractivity contribution is 0.0252. The van der Waals surface area contributed by atoms with E-state index in [-0.39, 0.29) is 0 Å². The zero-order chi connectivity index (χ0) is 15.9. The molecule has 1 atom stereocenters. The lowest BCUT2D eigenvalue weighted by Gasteiger charge is -2.48. The van der Waals surface area contributed by atoms with Gasteiger partial charge in [-0.2, -0.15) is 0 Å². The molecule has 0 saturated carbocycles. The predicted octanol–water partition coefficient (Wildman–Crippen LogP) is 3.54. The molecule has 0 aromatic heterocycles. The molecule has 1 N–H and O–H groups in total. The third-order valence-corrected chi connectivity index (χ3v) is 4.81. The van der Waals surface area contributed by atoms with Crippen LogP contribution in [-0.4, -0.2) is 49.3 Å². The number of hydrogen-bond acceptors (Lipinski definition) is 3. The van der Waals surface area contributed by atoms with Crippen LogP contribution < -0.4 is 5.32 Å². The van der Waals surface area contributed by atoms with Gasteiger partial charge in [-0.15, -0.1) is 0 Å². The van der Waals surface area contributed by atoms with Crippen molar-refractivity contribution in [3.05, 3.63) is 0 Å². The molecule has 1 unspecified atom stereocenters. The Bertz CT molecular complexity index is 274. The number of rotatable bonds is 9. The Kier molecular flexibility index (Phi) is 8.22. The summed E-state index contributed by atoms with van der Waals surface area (Å²) in [6.45, 7) is 18.8. The number of nitrogens with one attached hydrogen (secondary N) is 1. The molecule has 1 saturated heterocycles. The Morgan fingerprint density at radius 1 is 1.14 bits per heavy atom. The van der Waals surface area contributed by atoms with Crippen molar-refractivity contribution in [2.24, 2.45) is 11.8 Å². The van der Waals surface area contributed by atoms with Crippen LogP contribution in [0.15, 0.2) is 0 Å². The van der Waals surface area contributed by atoms with E-state index < -0.39 is 0 Å². The molecule has 1 heterocycles. The monoisotopic (exact) mass is 298 g/mol. The summed E-state index contributed by atoms with van der Waals surface area (Å²) in [6, 6.07) is 0.666. The van der Waals surface area contributed by atoms with Gasteiger partial charge in [0.15, 0.2) is 0 Å². The van der Waals surface area contributed by atoms with Crippen LogP contribution in [0.4, 0.5) is 0 Å². The van der Waals surface area contributed by atoms with Crippen molar-refractivity contribution in [1.29, 1.82) is 0 Å². The molecule has 1 fully saturated rings. The molecule has 3 heteroatoms. The van der Waals surface area contributed by atoms with Crippen LogP contribution in [-0.2, 0) is 4.74 Å². The molecule has 0 bridgehead atoms. The van der Waals surface area contributed by atoms with Crippen LogP contribution in [0.1, 0.15) is 60.8 Å². The molecule has 3 nitrogen and oxygen atoms in total. The first-order chi connectivity index (χ1) is 9.92. The first-order valence-corrected chi connectivity index (χ1v) is 8.99. The SMILES string of the molecule is CCC1(CC)CN(CCOCC(C)C)C(CC(C)C)CN1. The summed E-state index contributed by atoms with van der Waals surface area (Å²) in [4.78, 5) is 2.68. The van der Waals surface area contributed by atoms with E-state index in [1.54, 1.807) is 0 Å². The number of hydrogen-bond donors (Lipinski definition) is 1. The van der Waals surface area contributed by atoms with Crippen molar-refractivity contribution in [1.82, 2.24) is 10.2 Å². The van der Waals surface area contributed by atoms with Crippen LogP contribution in [0.5, 0.6) is 0 Å². The first-order valence-electron chi connectivity index (χ1n) is 8.99. The topological polar surface area (TPSA) is 24.5 Å². The normalized spacial score (nSPS) is 23.1. The summed E-state index contributed by atoms with van der Waals surface area (Å²) in [7, 11) is 0. The van der Waals surface area contributed by atoms with Gasteiger partial charge in [0.2, 0.25) is 0 Å². The van der Waals surface area contributed by atoms with Crippen LogP contribution in [0, 0.1) is 11.8 Å². The Hall–Kier alpha value is -0.120. The molecule has 1 aliphatic rings. The lowest BCUT2D eigenvalue weighted by Crippen LogP contribution is -2.64. The summed E-state index contributed by atoms with van der Waals surface area (Å²) in [6.07, 6.45) is 3.70. The maximum Gasteiger partial charge on any atom is 0.0593 e. The largest absolute Gasteiger partial charge is 0.380 e. The second-order valence-corrected chi connectivity index (χ2v) is 7.59. The third-order valence-electron chi connectivity index (χ3n) is 4.81. The van der Waals surface area contributed by atoms with Crippen LogP contribution in [0.2, 0.25) is 0 Å². The van der Waals surface area contributed by atoms with E-state index in [1.807, 2.05) is 0 Å². The smallest absolute Gasteiger partial charge is 0.0593 e. The van der Waals surface area contributed by atoms with Crippen LogP contribution in [0.25, 0.3) is 0 Å². The average Bonchev–Trinajstić information content (AvgIpc) is 2.44. The van der Waals surface area contributed by atoms with Gasteiger partial charge in [0.05, 0.1) is 6.61 Å². The molecule has 0 aromatic rings. The second kappa shape index (κ2) is 9.12. The molecule has 0 aromatic carbocycles. The highest BCUT2D eigenvalue weighted by Gasteiger charge is 2.36. The molecule has 1 aliphatic heterocycles. The highest BCUT2D eigenvalue weighted by Crippen LogP contribution is 2.25. The maximum absolute atomic E-state index is 5.82. The molecule has 0 radical (unpaired) electrons. The van der Waals surface area contributed by atoms with E-state index in [9.17, 15) is 0 Å². The summed E-state index contributed by atoms with van der Waals surface area (Å²) < 4.78 is 5.82.